The van der Waals surface area contributed by atoms with Crippen LogP contribution in [0.5, 0.6) is 0 Å². The van der Waals surface area contributed by atoms with E-state index in [1.165, 1.54) is 19.3 Å². The Hall–Kier alpha value is 0.412. The standard InChI is InChI=1S/C6H13O.2C3H7O.Al/c1-2-3-4-5-6-7;2*1-3(2)4;/h2-6H2,1H3;2*3H,1-2H3;/q3*-1;+3. The lowest BCUT2D eigenvalue weighted by Gasteiger charge is -2.18. The zero-order valence-corrected chi connectivity index (χ0v) is 12.6. The number of unbranched alkanes of at least 4 members (excludes halogenated alkanes) is 3. The van der Waals surface area contributed by atoms with Gasteiger partial charge < -0.3 is 11.4 Å². The first-order valence-corrected chi connectivity index (χ1v) is 7.90. The van der Waals surface area contributed by atoms with E-state index >= 15 is 0 Å². The van der Waals surface area contributed by atoms with Crippen LogP contribution in [0.4, 0.5) is 0 Å². The SMILES string of the molecule is CCCCCC[O][Al]([O]C(C)C)[O]C(C)C. The highest BCUT2D eigenvalue weighted by Crippen LogP contribution is 2.04. The summed E-state index contributed by atoms with van der Waals surface area (Å²) >= 11 is -1.90. The van der Waals surface area contributed by atoms with Gasteiger partial charge in [0, 0.05) is 18.8 Å². The largest absolute Gasteiger partial charge is 0.905 e. The Morgan fingerprint density at radius 3 is 1.88 bits per heavy atom. The van der Waals surface area contributed by atoms with Gasteiger partial charge in [0.25, 0.3) is 0 Å². The zero-order chi connectivity index (χ0) is 12.4. The highest BCUT2D eigenvalue weighted by atomic mass is 27.3. The van der Waals surface area contributed by atoms with Gasteiger partial charge >= 0.3 is 15.1 Å². The molecule has 0 aliphatic carbocycles. The molecule has 0 heterocycles. The molecule has 0 radical (unpaired) electrons. The number of rotatable bonds is 10. The van der Waals surface area contributed by atoms with Crippen molar-refractivity contribution >= 4 is 15.1 Å². The first kappa shape index (κ1) is 16.4. The molecule has 0 aliphatic heterocycles. The first-order chi connectivity index (χ1) is 7.56. The van der Waals surface area contributed by atoms with Crippen molar-refractivity contribution in [3.63, 3.8) is 0 Å². The van der Waals surface area contributed by atoms with Crippen molar-refractivity contribution in [1.29, 1.82) is 0 Å². The molecule has 0 bridgehead atoms. The summed E-state index contributed by atoms with van der Waals surface area (Å²) in [5.41, 5.74) is 0. The molecule has 16 heavy (non-hydrogen) atoms. The maximum absolute atomic E-state index is 5.70. The minimum absolute atomic E-state index is 0.186. The minimum atomic E-state index is -1.90. The summed E-state index contributed by atoms with van der Waals surface area (Å²) in [6.45, 7) is 11.1. The molecule has 3 nitrogen and oxygen atoms in total. The molecule has 4 heteroatoms. The van der Waals surface area contributed by atoms with Gasteiger partial charge in [0.2, 0.25) is 0 Å². The fourth-order valence-electron chi connectivity index (χ4n) is 1.26. The lowest BCUT2D eigenvalue weighted by molar-refractivity contribution is 0.0494. The summed E-state index contributed by atoms with van der Waals surface area (Å²) in [5, 5.41) is 0. The van der Waals surface area contributed by atoms with Crippen LogP contribution in [0, 0.1) is 0 Å². The highest BCUT2D eigenvalue weighted by Gasteiger charge is 2.33. The second-order valence-electron chi connectivity index (χ2n) is 4.59. The topological polar surface area (TPSA) is 27.7 Å². The van der Waals surface area contributed by atoms with Gasteiger partial charge in [0.1, 0.15) is 0 Å². The molecule has 0 spiro atoms. The van der Waals surface area contributed by atoms with Crippen molar-refractivity contribution in [1.82, 2.24) is 0 Å². The van der Waals surface area contributed by atoms with E-state index < -0.39 is 15.1 Å². The molecule has 0 rings (SSSR count). The molecule has 0 atom stereocenters. The Labute approximate surface area is 106 Å². The molecule has 0 aromatic carbocycles. The molecule has 0 fully saturated rings. The quantitative estimate of drug-likeness (QED) is 0.436. The van der Waals surface area contributed by atoms with E-state index in [2.05, 4.69) is 6.92 Å². The Balaban J connectivity index is 3.65. The molecule has 0 saturated carbocycles. The molecular formula is C12H27AlO3. The van der Waals surface area contributed by atoms with Gasteiger partial charge in [-0.3, -0.25) is 0 Å². The third kappa shape index (κ3) is 10.9. The van der Waals surface area contributed by atoms with Crippen molar-refractivity contribution in [3.8, 4) is 0 Å². The molecule has 96 valence electrons. The van der Waals surface area contributed by atoms with Crippen LogP contribution in [0.1, 0.15) is 60.3 Å². The highest BCUT2D eigenvalue weighted by molar-refractivity contribution is 6.36. The summed E-state index contributed by atoms with van der Waals surface area (Å²) in [6.07, 6.45) is 5.26. The summed E-state index contributed by atoms with van der Waals surface area (Å²) in [7, 11) is 0. The zero-order valence-electron chi connectivity index (χ0n) is 11.5. The smallest absolute Gasteiger partial charge is 0.454 e. The molecule has 0 saturated heterocycles. The van der Waals surface area contributed by atoms with Crippen LogP contribution in [0.25, 0.3) is 0 Å². The van der Waals surface area contributed by atoms with Gasteiger partial charge in [-0.25, -0.2) is 0 Å². The fraction of sp³-hybridized carbons (Fsp3) is 1.00. The van der Waals surface area contributed by atoms with Crippen LogP contribution in [0.2, 0.25) is 0 Å². The van der Waals surface area contributed by atoms with Crippen LogP contribution in [0.3, 0.4) is 0 Å². The maximum atomic E-state index is 5.70. The van der Waals surface area contributed by atoms with Gasteiger partial charge in [-0.05, 0) is 34.1 Å². The van der Waals surface area contributed by atoms with Gasteiger partial charge in [0.05, 0.1) is 0 Å². The van der Waals surface area contributed by atoms with E-state index in [4.69, 9.17) is 11.4 Å². The van der Waals surface area contributed by atoms with Crippen molar-refractivity contribution in [2.75, 3.05) is 6.61 Å². The van der Waals surface area contributed by atoms with Crippen molar-refractivity contribution in [2.24, 2.45) is 0 Å². The van der Waals surface area contributed by atoms with E-state index in [-0.39, 0.29) is 12.2 Å². The van der Waals surface area contributed by atoms with Crippen molar-refractivity contribution in [3.05, 3.63) is 0 Å². The van der Waals surface area contributed by atoms with Gasteiger partial charge in [-0.15, -0.1) is 0 Å². The van der Waals surface area contributed by atoms with E-state index in [1.807, 2.05) is 27.7 Å². The van der Waals surface area contributed by atoms with Crippen LogP contribution in [-0.4, -0.2) is 34.0 Å². The van der Waals surface area contributed by atoms with Crippen LogP contribution >= 0.6 is 0 Å². The van der Waals surface area contributed by atoms with Gasteiger partial charge in [-0.2, -0.15) is 0 Å². The maximum Gasteiger partial charge on any atom is 0.905 e. The van der Waals surface area contributed by atoms with Crippen molar-refractivity contribution < 1.29 is 11.4 Å². The normalized spacial score (nSPS) is 11.4. The molecule has 0 N–H and O–H groups in total. The molecule has 0 unspecified atom stereocenters. The second-order valence-corrected chi connectivity index (χ2v) is 6.04. The fourth-order valence-corrected chi connectivity index (χ4v) is 2.73. The predicted molar refractivity (Wildman–Crippen MR) is 68.3 cm³/mol. The number of hydrogen-bond donors (Lipinski definition) is 0. The van der Waals surface area contributed by atoms with Gasteiger partial charge in [0.15, 0.2) is 0 Å². The van der Waals surface area contributed by atoms with Crippen LogP contribution < -0.4 is 0 Å². The Morgan fingerprint density at radius 1 is 0.875 bits per heavy atom. The molecule has 0 amide bonds. The van der Waals surface area contributed by atoms with Crippen LogP contribution in [0.15, 0.2) is 0 Å². The average Bonchev–Trinajstić information content (AvgIpc) is 2.15. The monoisotopic (exact) mass is 246 g/mol. The molecular weight excluding hydrogens is 219 g/mol. The van der Waals surface area contributed by atoms with E-state index in [0.717, 1.165) is 13.0 Å². The molecule has 0 aliphatic rings. The molecule has 0 aromatic heterocycles. The van der Waals surface area contributed by atoms with Crippen molar-refractivity contribution in [2.45, 2.75) is 72.5 Å². The van der Waals surface area contributed by atoms with Crippen LogP contribution in [-0.2, 0) is 11.4 Å². The predicted octanol–water partition coefficient (Wildman–Crippen LogP) is 3.42. The average molecular weight is 246 g/mol. The van der Waals surface area contributed by atoms with E-state index in [1.54, 1.807) is 0 Å². The molecule has 0 aromatic rings. The lowest BCUT2D eigenvalue weighted by atomic mass is 10.2. The Kier molecular flexibility index (Phi) is 10.8. The summed E-state index contributed by atoms with van der Waals surface area (Å²) < 4.78 is 17.0. The lowest BCUT2D eigenvalue weighted by Crippen LogP contribution is -2.33. The summed E-state index contributed by atoms with van der Waals surface area (Å²) in [6, 6.07) is 0. The Morgan fingerprint density at radius 2 is 1.44 bits per heavy atom. The second kappa shape index (κ2) is 10.6. The van der Waals surface area contributed by atoms with E-state index in [0.29, 0.717) is 0 Å². The minimum Gasteiger partial charge on any atom is -0.454 e. The summed E-state index contributed by atoms with van der Waals surface area (Å²) in [5.74, 6) is 0. The third-order valence-electron chi connectivity index (χ3n) is 2.02. The first-order valence-electron chi connectivity index (χ1n) is 6.48. The Bertz CT molecular complexity index is 141. The van der Waals surface area contributed by atoms with E-state index in [9.17, 15) is 0 Å². The number of hydrogen-bond acceptors (Lipinski definition) is 3. The van der Waals surface area contributed by atoms with Gasteiger partial charge in [-0.1, -0.05) is 26.2 Å². The third-order valence-corrected chi connectivity index (χ3v) is 4.06. The summed E-state index contributed by atoms with van der Waals surface area (Å²) in [4.78, 5) is 0.